The van der Waals surface area contributed by atoms with Crippen LogP contribution in [0.4, 0.5) is 10.1 Å². The number of piperazine rings is 1. The summed E-state index contributed by atoms with van der Waals surface area (Å²) in [5, 5.41) is 9.93. The number of aromatic nitrogens is 1. The standard InChI is InChI=1S/C27H27ClFN3O5/c1-2-31-15-20(27(35)36)26(34)19-12-21(29)23(13-22(19)31)32-8-6-30(7-9-32)14-16-5-10-37-24-11-17(28)3-4-18(24)25(16)33/h3-4,11-13,15-16H,2,5-10,14H2,1H3,(H,35,36). The van der Waals surface area contributed by atoms with Crippen molar-refractivity contribution in [3.8, 4) is 5.75 Å². The highest BCUT2D eigenvalue weighted by Crippen LogP contribution is 2.31. The van der Waals surface area contributed by atoms with Crippen molar-refractivity contribution in [1.29, 1.82) is 0 Å². The number of aromatic carboxylic acids is 1. The number of nitrogens with zero attached hydrogens (tertiary/aromatic N) is 3. The molecule has 2 aliphatic rings. The van der Waals surface area contributed by atoms with Gasteiger partial charge in [0, 0.05) is 61.8 Å². The normalized spacial score (nSPS) is 18.4. The average molecular weight is 528 g/mol. The lowest BCUT2D eigenvalue weighted by atomic mass is 9.94. The fourth-order valence-electron chi connectivity index (χ4n) is 5.19. The molecular weight excluding hydrogens is 501 g/mol. The Bertz CT molecular complexity index is 1450. The number of carboxylic acids is 1. The third-order valence-corrected chi connectivity index (χ3v) is 7.45. The van der Waals surface area contributed by atoms with Crippen molar-refractivity contribution in [2.45, 2.75) is 19.9 Å². The monoisotopic (exact) mass is 527 g/mol. The first-order valence-corrected chi connectivity index (χ1v) is 12.7. The lowest BCUT2D eigenvalue weighted by Gasteiger charge is -2.37. The lowest BCUT2D eigenvalue weighted by molar-refractivity contribution is 0.0694. The van der Waals surface area contributed by atoms with Crippen LogP contribution in [0.25, 0.3) is 10.9 Å². The summed E-state index contributed by atoms with van der Waals surface area (Å²) in [6.45, 7) is 5.70. The predicted octanol–water partition coefficient (Wildman–Crippen LogP) is 3.92. The molecule has 1 atom stereocenters. The molecule has 0 spiro atoms. The first-order chi connectivity index (χ1) is 17.8. The van der Waals surface area contributed by atoms with Gasteiger partial charge in [-0.2, -0.15) is 0 Å². The molecule has 5 rings (SSSR count). The molecule has 8 nitrogen and oxygen atoms in total. The number of ether oxygens (including phenoxy) is 1. The molecule has 3 aromatic rings. The van der Waals surface area contributed by atoms with E-state index in [2.05, 4.69) is 4.90 Å². The van der Waals surface area contributed by atoms with Gasteiger partial charge in [-0.1, -0.05) is 11.6 Å². The third-order valence-electron chi connectivity index (χ3n) is 7.22. The number of carbonyl (C=O) groups is 2. The molecule has 10 heteroatoms. The van der Waals surface area contributed by atoms with E-state index in [1.807, 2.05) is 11.8 Å². The Morgan fingerprint density at radius 2 is 1.92 bits per heavy atom. The summed E-state index contributed by atoms with van der Waals surface area (Å²) < 4.78 is 22.6. The maximum Gasteiger partial charge on any atom is 0.341 e. The smallest absolute Gasteiger partial charge is 0.341 e. The quantitative estimate of drug-likeness (QED) is 0.537. The largest absolute Gasteiger partial charge is 0.493 e. The summed E-state index contributed by atoms with van der Waals surface area (Å²) in [5.41, 5.74) is 0.361. The molecule has 2 aromatic carbocycles. The minimum Gasteiger partial charge on any atom is -0.493 e. The molecule has 3 heterocycles. The van der Waals surface area contributed by atoms with Gasteiger partial charge in [-0.15, -0.1) is 0 Å². The number of Topliss-reactive ketones (excluding diaryl/α,β-unsaturated/α-hetero) is 1. The summed E-state index contributed by atoms with van der Waals surface area (Å²) in [4.78, 5) is 41.4. The van der Waals surface area contributed by atoms with Gasteiger partial charge in [-0.25, -0.2) is 9.18 Å². The van der Waals surface area contributed by atoms with Crippen LogP contribution >= 0.6 is 11.6 Å². The van der Waals surface area contributed by atoms with E-state index >= 15 is 4.39 Å². The molecule has 0 aliphatic carbocycles. The van der Waals surface area contributed by atoms with Gasteiger partial charge < -0.3 is 19.3 Å². The van der Waals surface area contributed by atoms with E-state index in [4.69, 9.17) is 16.3 Å². The van der Waals surface area contributed by atoms with Crippen LogP contribution in [0.5, 0.6) is 5.75 Å². The maximum atomic E-state index is 15.2. The van der Waals surface area contributed by atoms with Gasteiger partial charge >= 0.3 is 5.97 Å². The summed E-state index contributed by atoms with van der Waals surface area (Å²) in [5.74, 6) is -1.52. The summed E-state index contributed by atoms with van der Waals surface area (Å²) >= 11 is 6.05. The highest BCUT2D eigenvalue weighted by atomic mass is 35.5. The average Bonchev–Trinajstić information content (AvgIpc) is 3.02. The Balaban J connectivity index is 1.32. The van der Waals surface area contributed by atoms with Crippen molar-refractivity contribution in [2.75, 3.05) is 44.2 Å². The zero-order chi connectivity index (χ0) is 26.3. The van der Waals surface area contributed by atoms with Gasteiger partial charge in [0.2, 0.25) is 5.43 Å². The molecule has 0 amide bonds. The third kappa shape index (κ3) is 4.81. The number of hydrogen-bond donors (Lipinski definition) is 1. The van der Waals surface area contributed by atoms with Gasteiger partial charge in [0.1, 0.15) is 17.1 Å². The second-order valence-corrected chi connectivity index (χ2v) is 9.85. The Labute approximate surface area is 217 Å². The molecule has 1 saturated heterocycles. The van der Waals surface area contributed by atoms with Gasteiger partial charge in [-0.05, 0) is 43.7 Å². The van der Waals surface area contributed by atoms with Crippen molar-refractivity contribution in [1.82, 2.24) is 9.47 Å². The maximum absolute atomic E-state index is 15.2. The molecule has 1 N–H and O–H groups in total. The molecule has 1 unspecified atom stereocenters. The van der Waals surface area contributed by atoms with Crippen molar-refractivity contribution >= 4 is 39.9 Å². The Morgan fingerprint density at radius 3 is 2.62 bits per heavy atom. The van der Waals surface area contributed by atoms with Crippen molar-refractivity contribution in [3.63, 3.8) is 0 Å². The molecule has 1 aromatic heterocycles. The van der Waals surface area contributed by atoms with Crippen LogP contribution < -0.4 is 15.1 Å². The lowest BCUT2D eigenvalue weighted by Crippen LogP contribution is -2.48. The van der Waals surface area contributed by atoms with E-state index in [0.717, 1.165) is 6.07 Å². The molecule has 194 valence electrons. The molecule has 2 aliphatic heterocycles. The second-order valence-electron chi connectivity index (χ2n) is 9.41. The van der Waals surface area contributed by atoms with Gasteiger partial charge in [0.25, 0.3) is 0 Å². The van der Waals surface area contributed by atoms with Gasteiger partial charge in [0.05, 0.1) is 23.4 Å². The molecular formula is C27H27ClFN3O5. The number of rotatable bonds is 5. The topological polar surface area (TPSA) is 92.1 Å². The molecule has 0 radical (unpaired) electrons. The minimum atomic E-state index is -1.33. The van der Waals surface area contributed by atoms with Crippen LogP contribution in [0.1, 0.15) is 34.1 Å². The van der Waals surface area contributed by atoms with E-state index < -0.39 is 17.2 Å². The Hall–Kier alpha value is -3.43. The fourth-order valence-corrected chi connectivity index (χ4v) is 5.36. The summed E-state index contributed by atoms with van der Waals surface area (Å²) in [6.07, 6.45) is 1.92. The van der Waals surface area contributed by atoms with Crippen LogP contribution in [0, 0.1) is 11.7 Å². The molecule has 1 fully saturated rings. The van der Waals surface area contributed by atoms with E-state index in [1.54, 1.807) is 28.8 Å². The first-order valence-electron chi connectivity index (χ1n) is 12.3. The van der Waals surface area contributed by atoms with Gasteiger partial charge in [-0.3, -0.25) is 14.5 Å². The molecule has 37 heavy (non-hydrogen) atoms. The number of halogens is 2. The van der Waals surface area contributed by atoms with E-state index in [0.29, 0.717) is 79.8 Å². The first kappa shape index (κ1) is 25.2. The van der Waals surface area contributed by atoms with Crippen molar-refractivity contribution in [3.05, 3.63) is 68.7 Å². The van der Waals surface area contributed by atoms with Crippen LogP contribution in [0.2, 0.25) is 5.02 Å². The predicted molar refractivity (Wildman–Crippen MR) is 139 cm³/mol. The van der Waals surface area contributed by atoms with E-state index in [-0.39, 0.29) is 22.7 Å². The van der Waals surface area contributed by atoms with Gasteiger partial charge in [0.15, 0.2) is 5.78 Å². The summed E-state index contributed by atoms with van der Waals surface area (Å²) in [6, 6.07) is 7.86. The minimum absolute atomic E-state index is 0.0467. The van der Waals surface area contributed by atoms with Crippen LogP contribution in [-0.2, 0) is 6.54 Å². The van der Waals surface area contributed by atoms with Crippen molar-refractivity contribution in [2.24, 2.45) is 5.92 Å². The Kier molecular flexibility index (Phi) is 6.92. The van der Waals surface area contributed by atoms with E-state index in [9.17, 15) is 19.5 Å². The number of benzene rings is 2. The number of anilines is 1. The number of pyridine rings is 1. The highest BCUT2D eigenvalue weighted by Gasteiger charge is 2.30. The SMILES string of the molecule is CCn1cc(C(=O)O)c(=O)c2cc(F)c(N3CCN(CC4CCOc5cc(Cl)ccc5C4=O)CC3)cc21. The zero-order valence-electron chi connectivity index (χ0n) is 20.4. The highest BCUT2D eigenvalue weighted by molar-refractivity contribution is 6.30. The van der Waals surface area contributed by atoms with Crippen molar-refractivity contribution < 1.29 is 23.8 Å². The number of fused-ring (bicyclic) bond motifs is 2. The zero-order valence-corrected chi connectivity index (χ0v) is 21.1. The number of aryl methyl sites for hydroxylation is 1. The fraction of sp³-hybridized carbons (Fsp3) is 0.370. The number of carbonyl (C=O) groups excluding carboxylic acids is 1. The van der Waals surface area contributed by atoms with E-state index in [1.165, 1.54) is 6.20 Å². The Morgan fingerprint density at radius 1 is 1.16 bits per heavy atom. The number of ketones is 1. The molecule has 0 saturated carbocycles. The number of hydrogen-bond acceptors (Lipinski definition) is 6. The second kappa shape index (κ2) is 10.1. The summed E-state index contributed by atoms with van der Waals surface area (Å²) in [7, 11) is 0. The molecule has 0 bridgehead atoms. The van der Waals surface area contributed by atoms with Crippen LogP contribution in [0.3, 0.4) is 0 Å². The van der Waals surface area contributed by atoms with Crippen LogP contribution in [-0.4, -0.2) is 65.7 Å². The number of carboxylic acid groups (broad SMARTS) is 1. The van der Waals surface area contributed by atoms with Crippen LogP contribution in [0.15, 0.2) is 41.3 Å².